The molecule has 0 radical (unpaired) electrons. The van der Waals surface area contributed by atoms with Gasteiger partial charge in [0.2, 0.25) is 0 Å². The van der Waals surface area contributed by atoms with Crippen LogP contribution in [0.2, 0.25) is 5.15 Å². The Morgan fingerprint density at radius 3 is 2.50 bits per heavy atom. The van der Waals surface area contributed by atoms with E-state index in [9.17, 15) is 17.6 Å². The zero-order valence-electron chi connectivity index (χ0n) is 17.7. The van der Waals surface area contributed by atoms with Crippen LogP contribution >= 0.6 is 11.6 Å². The first-order chi connectivity index (χ1) is 15.3. The summed E-state index contributed by atoms with van der Waals surface area (Å²) >= 11 is 6.29. The summed E-state index contributed by atoms with van der Waals surface area (Å²) in [5.41, 5.74) is 2.76. The van der Waals surface area contributed by atoms with Gasteiger partial charge in [0, 0.05) is 24.1 Å². The van der Waals surface area contributed by atoms with Crippen molar-refractivity contribution < 1.29 is 17.6 Å². The first kappa shape index (κ1) is 22.7. The third-order valence-corrected chi connectivity index (χ3v) is 8.69. The number of carbonyl (C=O) groups excluding carboxylic acids is 1. The molecule has 3 aromatic rings. The first-order valence-corrected chi connectivity index (χ1v) is 12.5. The van der Waals surface area contributed by atoms with Gasteiger partial charge >= 0.3 is 0 Å². The summed E-state index contributed by atoms with van der Waals surface area (Å²) in [4.78, 5) is 13.1. The van der Waals surface area contributed by atoms with Crippen LogP contribution in [0, 0.1) is 18.7 Å². The quantitative estimate of drug-likeness (QED) is 0.446. The maximum Gasteiger partial charge on any atom is 0.181 e. The first-order valence-electron chi connectivity index (χ1n) is 10.6. The van der Waals surface area contributed by atoms with E-state index in [-0.39, 0.29) is 17.1 Å². The summed E-state index contributed by atoms with van der Waals surface area (Å²) in [6.07, 6.45) is 4.04. The Hall–Kier alpha value is -2.51. The van der Waals surface area contributed by atoms with Crippen molar-refractivity contribution in [2.45, 2.75) is 49.2 Å². The molecule has 168 valence electrons. The van der Waals surface area contributed by atoms with Crippen molar-refractivity contribution in [3.05, 3.63) is 76.8 Å². The number of hydrogen-bond donors (Lipinski definition) is 0. The second-order valence-electron chi connectivity index (χ2n) is 8.27. The molecule has 8 heteroatoms. The van der Waals surface area contributed by atoms with Gasteiger partial charge in [-0.2, -0.15) is 5.10 Å². The lowest BCUT2D eigenvalue weighted by atomic mass is 9.97. The van der Waals surface area contributed by atoms with E-state index in [0.29, 0.717) is 30.8 Å². The average molecular weight is 475 g/mol. The Morgan fingerprint density at radius 1 is 1.12 bits per heavy atom. The highest BCUT2D eigenvalue weighted by molar-refractivity contribution is 7.92. The van der Waals surface area contributed by atoms with Gasteiger partial charge in [0.1, 0.15) is 11.6 Å². The number of hydrogen-bond acceptors (Lipinski definition) is 4. The summed E-state index contributed by atoms with van der Waals surface area (Å²) in [7, 11) is -3.71. The molecule has 0 aliphatic heterocycles. The van der Waals surface area contributed by atoms with E-state index in [1.54, 1.807) is 4.68 Å². The van der Waals surface area contributed by atoms with Crippen molar-refractivity contribution in [3.8, 4) is 5.69 Å². The summed E-state index contributed by atoms with van der Waals surface area (Å²) in [6, 6.07) is 12.6. The zero-order chi connectivity index (χ0) is 22.9. The average Bonchev–Trinajstić information content (AvgIpc) is 3.40. The fourth-order valence-electron chi connectivity index (χ4n) is 4.29. The monoisotopic (exact) mass is 474 g/mol. The molecule has 2 unspecified atom stereocenters. The maximum atomic E-state index is 13.2. The van der Waals surface area contributed by atoms with Gasteiger partial charge in [0.15, 0.2) is 15.0 Å². The largest absolute Gasteiger partial charge is 0.299 e. The Balaban J connectivity index is 1.46. The molecule has 0 spiro atoms. The highest BCUT2D eigenvalue weighted by atomic mass is 35.5. The van der Waals surface area contributed by atoms with Gasteiger partial charge in [-0.3, -0.25) is 4.79 Å². The predicted molar refractivity (Wildman–Crippen MR) is 121 cm³/mol. The number of rotatable bonds is 7. The molecule has 1 aromatic heterocycles. The SMILES string of the molecule is Cc1ccc(-n2cc(CCC(=O)C3CCCC3S(=O)(=O)c3ccc(F)cc3)c(Cl)n2)cc1. The van der Waals surface area contributed by atoms with Crippen molar-refractivity contribution in [2.75, 3.05) is 0 Å². The Morgan fingerprint density at radius 2 is 1.81 bits per heavy atom. The number of Topliss-reactive ketones (excluding diaryl/α,β-unsaturated/α-hetero) is 1. The number of carbonyl (C=O) groups is 1. The maximum absolute atomic E-state index is 13.2. The topological polar surface area (TPSA) is 69.0 Å². The summed E-state index contributed by atoms with van der Waals surface area (Å²) in [5.74, 6) is -1.14. The number of halogens is 2. The smallest absolute Gasteiger partial charge is 0.181 e. The van der Waals surface area contributed by atoms with Crippen molar-refractivity contribution in [1.82, 2.24) is 9.78 Å². The predicted octanol–water partition coefficient (Wildman–Crippen LogP) is 5.12. The minimum atomic E-state index is -3.71. The molecule has 32 heavy (non-hydrogen) atoms. The molecule has 0 N–H and O–H groups in total. The van der Waals surface area contributed by atoms with E-state index in [1.807, 2.05) is 37.4 Å². The van der Waals surface area contributed by atoms with Gasteiger partial charge in [-0.05, 0) is 62.6 Å². The Labute approximate surface area is 192 Å². The number of ketones is 1. The van der Waals surface area contributed by atoms with E-state index in [1.165, 1.54) is 12.1 Å². The molecule has 5 nitrogen and oxygen atoms in total. The third-order valence-electron chi connectivity index (χ3n) is 6.08. The minimum absolute atomic E-state index is 0.0611. The van der Waals surface area contributed by atoms with Crippen LogP contribution in [0.15, 0.2) is 59.6 Å². The van der Waals surface area contributed by atoms with Crippen LogP contribution in [0.25, 0.3) is 5.69 Å². The minimum Gasteiger partial charge on any atom is -0.299 e. The lowest BCUT2D eigenvalue weighted by Crippen LogP contribution is -2.31. The summed E-state index contributed by atoms with van der Waals surface area (Å²) < 4.78 is 41.0. The summed E-state index contributed by atoms with van der Waals surface area (Å²) in [5, 5.41) is 3.89. The molecule has 1 fully saturated rings. The van der Waals surface area contributed by atoms with Gasteiger partial charge < -0.3 is 0 Å². The van der Waals surface area contributed by atoms with Crippen molar-refractivity contribution >= 4 is 27.2 Å². The lowest BCUT2D eigenvalue weighted by molar-refractivity contribution is -0.122. The second kappa shape index (κ2) is 9.16. The van der Waals surface area contributed by atoms with Crippen LogP contribution in [-0.4, -0.2) is 29.2 Å². The second-order valence-corrected chi connectivity index (χ2v) is 10.8. The normalized spacial score (nSPS) is 18.7. The fraction of sp³-hybridized carbons (Fsp3) is 0.333. The van der Waals surface area contributed by atoms with E-state index in [4.69, 9.17) is 11.6 Å². The van der Waals surface area contributed by atoms with E-state index >= 15 is 0 Å². The molecule has 0 saturated heterocycles. The van der Waals surface area contributed by atoms with Crippen LogP contribution in [-0.2, 0) is 21.1 Å². The van der Waals surface area contributed by atoms with E-state index in [2.05, 4.69) is 5.10 Å². The van der Waals surface area contributed by atoms with Crippen LogP contribution in [0.1, 0.15) is 36.8 Å². The van der Waals surface area contributed by atoms with Crippen molar-refractivity contribution in [3.63, 3.8) is 0 Å². The van der Waals surface area contributed by atoms with Gasteiger partial charge in [-0.25, -0.2) is 17.5 Å². The van der Waals surface area contributed by atoms with Gasteiger partial charge in [0.05, 0.1) is 15.8 Å². The van der Waals surface area contributed by atoms with Crippen LogP contribution in [0.3, 0.4) is 0 Å². The molecule has 2 aromatic carbocycles. The number of aromatic nitrogens is 2. The van der Waals surface area contributed by atoms with Crippen LogP contribution in [0.4, 0.5) is 4.39 Å². The standard InChI is InChI=1S/C24H24ClFN2O3S/c1-16-5-10-19(11-6-16)28-15-17(24(25)27-28)7-14-22(29)21-3-2-4-23(21)32(30,31)20-12-8-18(26)9-13-20/h5-6,8-13,15,21,23H,2-4,7,14H2,1H3. The number of benzene rings is 2. The molecule has 1 aliphatic carbocycles. The highest BCUT2D eigenvalue weighted by Crippen LogP contribution is 2.36. The van der Waals surface area contributed by atoms with Gasteiger partial charge in [0.25, 0.3) is 0 Å². The number of aryl methyl sites for hydroxylation is 2. The van der Waals surface area contributed by atoms with E-state index in [0.717, 1.165) is 28.9 Å². The zero-order valence-corrected chi connectivity index (χ0v) is 19.2. The summed E-state index contributed by atoms with van der Waals surface area (Å²) in [6.45, 7) is 2.00. The molecule has 2 atom stereocenters. The van der Waals surface area contributed by atoms with Gasteiger partial charge in [-0.15, -0.1) is 0 Å². The van der Waals surface area contributed by atoms with E-state index < -0.39 is 26.8 Å². The molecular formula is C24H24ClFN2O3S. The van der Waals surface area contributed by atoms with Crippen molar-refractivity contribution in [1.29, 1.82) is 0 Å². The molecule has 1 heterocycles. The number of sulfone groups is 1. The molecule has 1 saturated carbocycles. The molecule has 0 bridgehead atoms. The fourth-order valence-corrected chi connectivity index (χ4v) is 6.58. The van der Waals surface area contributed by atoms with Crippen LogP contribution in [0.5, 0.6) is 0 Å². The highest BCUT2D eigenvalue weighted by Gasteiger charge is 2.41. The Kier molecular flexibility index (Phi) is 6.49. The molecule has 1 aliphatic rings. The van der Waals surface area contributed by atoms with Crippen LogP contribution < -0.4 is 0 Å². The van der Waals surface area contributed by atoms with Gasteiger partial charge in [-0.1, -0.05) is 35.7 Å². The third kappa shape index (κ3) is 4.64. The molecule has 4 rings (SSSR count). The molecule has 0 amide bonds. The van der Waals surface area contributed by atoms with Crippen molar-refractivity contribution in [2.24, 2.45) is 5.92 Å². The lowest BCUT2D eigenvalue weighted by Gasteiger charge is -2.19. The Bertz CT molecular complexity index is 1220. The molecular weight excluding hydrogens is 451 g/mol. The number of nitrogens with zero attached hydrogens (tertiary/aromatic N) is 2.